The van der Waals surface area contributed by atoms with Crippen molar-refractivity contribution >= 4 is 41.0 Å². The maximum absolute atomic E-state index is 14.0. The van der Waals surface area contributed by atoms with Crippen molar-refractivity contribution in [3.8, 4) is 5.75 Å². The van der Waals surface area contributed by atoms with E-state index in [2.05, 4.69) is 5.32 Å². The highest BCUT2D eigenvalue weighted by atomic mass is 35.5. The number of hydrogen-bond donors (Lipinski definition) is 2. The quantitative estimate of drug-likeness (QED) is 0.411. The van der Waals surface area contributed by atoms with Gasteiger partial charge in [-0.05, 0) is 53.1 Å². The molecular weight excluding hydrogens is 584 g/mol. The molecule has 3 aromatic carbocycles. The lowest BCUT2D eigenvalue weighted by atomic mass is 9.98. The molecule has 0 unspecified atom stereocenters. The first-order valence-electron chi connectivity index (χ1n) is 13.5. The number of urea groups is 1. The van der Waals surface area contributed by atoms with Crippen LogP contribution in [0.25, 0.3) is 0 Å². The Hall–Kier alpha value is -3.86. The SMILES string of the molecule is CCN1CC(=O)N2[C@@H](Cc3ccc(O)cc3)C(=O)N(Cc3ccc(Cl)c(Cl)c3)C[C@@H]2N1C(=O)NCc1ccc(F)cc1. The van der Waals surface area contributed by atoms with E-state index < -0.39 is 18.2 Å². The molecule has 2 atom stereocenters. The van der Waals surface area contributed by atoms with Crippen molar-refractivity contribution < 1.29 is 23.9 Å². The number of likely N-dealkylation sites (N-methyl/N-ethyl adjacent to an activating group) is 1. The monoisotopic (exact) mass is 613 g/mol. The highest BCUT2D eigenvalue weighted by Gasteiger charge is 2.51. The lowest BCUT2D eigenvalue weighted by Crippen LogP contribution is -2.76. The Bertz CT molecular complexity index is 1470. The number of hydrazine groups is 1. The fourth-order valence-corrected chi connectivity index (χ4v) is 5.70. The molecule has 42 heavy (non-hydrogen) atoms. The number of aromatic hydroxyl groups is 1. The number of nitrogens with zero attached hydrogens (tertiary/aromatic N) is 4. The fourth-order valence-electron chi connectivity index (χ4n) is 5.38. The fraction of sp³-hybridized carbons (Fsp3) is 0.300. The van der Waals surface area contributed by atoms with E-state index in [1.165, 1.54) is 34.2 Å². The van der Waals surface area contributed by atoms with E-state index in [-0.39, 0.29) is 56.0 Å². The van der Waals surface area contributed by atoms with Crippen LogP contribution in [-0.4, -0.2) is 74.6 Å². The molecule has 0 saturated carbocycles. The Morgan fingerprint density at radius 1 is 0.976 bits per heavy atom. The van der Waals surface area contributed by atoms with Gasteiger partial charge in [0, 0.05) is 26.1 Å². The molecule has 5 rings (SSSR count). The third-order valence-corrected chi connectivity index (χ3v) is 8.22. The molecule has 0 spiro atoms. The van der Waals surface area contributed by atoms with Gasteiger partial charge in [0.05, 0.1) is 23.1 Å². The van der Waals surface area contributed by atoms with Crippen LogP contribution in [0.3, 0.4) is 0 Å². The highest BCUT2D eigenvalue weighted by Crippen LogP contribution is 2.30. The summed E-state index contributed by atoms with van der Waals surface area (Å²) in [7, 11) is 0. The molecule has 4 amide bonds. The number of amides is 4. The molecule has 0 radical (unpaired) electrons. The van der Waals surface area contributed by atoms with E-state index in [9.17, 15) is 23.9 Å². The Balaban J connectivity index is 1.47. The largest absolute Gasteiger partial charge is 0.508 e. The van der Waals surface area contributed by atoms with Gasteiger partial charge in [0.15, 0.2) is 0 Å². The molecule has 2 aliphatic rings. The molecule has 12 heteroatoms. The van der Waals surface area contributed by atoms with Gasteiger partial charge in [-0.25, -0.2) is 19.2 Å². The summed E-state index contributed by atoms with van der Waals surface area (Å²) in [6.45, 7) is 2.55. The predicted octanol–water partition coefficient (Wildman–Crippen LogP) is 4.41. The van der Waals surface area contributed by atoms with Gasteiger partial charge in [0.25, 0.3) is 0 Å². The molecule has 3 aromatic rings. The summed E-state index contributed by atoms with van der Waals surface area (Å²) in [5.41, 5.74) is 2.21. The van der Waals surface area contributed by atoms with Crippen LogP contribution >= 0.6 is 23.2 Å². The lowest BCUT2D eigenvalue weighted by molar-refractivity contribution is -0.190. The third-order valence-electron chi connectivity index (χ3n) is 7.48. The maximum Gasteiger partial charge on any atom is 0.334 e. The molecule has 2 saturated heterocycles. The minimum atomic E-state index is -0.894. The summed E-state index contributed by atoms with van der Waals surface area (Å²) >= 11 is 12.3. The molecule has 0 aliphatic carbocycles. The standard InChI is InChI=1S/C30H30Cl2FN5O4/c1-2-36-18-28(40)37-26(14-19-5-10-23(39)11-6-19)29(41)35(16-21-7-12-24(31)25(32)13-21)17-27(37)38(36)30(42)34-15-20-3-8-22(33)9-4-20/h3-13,26-27,39H,2,14-18H2,1H3,(H,34,42)/t26-,27-/m0/s1. The van der Waals surface area contributed by atoms with E-state index in [0.29, 0.717) is 22.2 Å². The minimum Gasteiger partial charge on any atom is -0.508 e. The number of fused-ring (bicyclic) bond motifs is 1. The average Bonchev–Trinajstić information content (AvgIpc) is 2.97. The second-order valence-corrected chi connectivity index (χ2v) is 11.1. The van der Waals surface area contributed by atoms with Crippen molar-refractivity contribution in [2.75, 3.05) is 19.6 Å². The zero-order chi connectivity index (χ0) is 30.0. The molecule has 0 bridgehead atoms. The van der Waals surface area contributed by atoms with Gasteiger partial charge in [-0.3, -0.25) is 9.59 Å². The van der Waals surface area contributed by atoms with E-state index in [1.807, 2.05) is 6.92 Å². The van der Waals surface area contributed by atoms with Gasteiger partial charge < -0.3 is 20.2 Å². The van der Waals surface area contributed by atoms with Crippen LogP contribution in [0.15, 0.2) is 66.7 Å². The Morgan fingerprint density at radius 2 is 1.64 bits per heavy atom. The average molecular weight is 615 g/mol. The molecule has 2 aliphatic heterocycles. The van der Waals surface area contributed by atoms with E-state index in [4.69, 9.17) is 23.2 Å². The van der Waals surface area contributed by atoms with E-state index >= 15 is 0 Å². The number of phenolic OH excluding ortho intramolecular Hbond substituents is 1. The molecule has 0 aromatic heterocycles. The summed E-state index contributed by atoms with van der Waals surface area (Å²) in [5.74, 6) is -0.823. The molecule has 220 valence electrons. The summed E-state index contributed by atoms with van der Waals surface area (Å²) in [4.78, 5) is 44.4. The first kappa shape index (κ1) is 29.6. The summed E-state index contributed by atoms with van der Waals surface area (Å²) < 4.78 is 13.4. The van der Waals surface area contributed by atoms with Crippen molar-refractivity contribution in [2.24, 2.45) is 0 Å². The zero-order valence-corrected chi connectivity index (χ0v) is 24.4. The highest BCUT2D eigenvalue weighted by molar-refractivity contribution is 6.42. The number of benzene rings is 3. The Kier molecular flexibility index (Phi) is 8.86. The first-order chi connectivity index (χ1) is 20.1. The lowest BCUT2D eigenvalue weighted by Gasteiger charge is -2.55. The van der Waals surface area contributed by atoms with Crippen LogP contribution in [0.5, 0.6) is 5.75 Å². The van der Waals surface area contributed by atoms with Gasteiger partial charge in [0.2, 0.25) is 11.8 Å². The van der Waals surface area contributed by atoms with Crippen molar-refractivity contribution in [3.05, 3.63) is 99.3 Å². The second-order valence-electron chi connectivity index (χ2n) is 10.2. The second kappa shape index (κ2) is 12.6. The van der Waals surface area contributed by atoms with E-state index in [1.54, 1.807) is 52.4 Å². The van der Waals surface area contributed by atoms with Gasteiger partial charge >= 0.3 is 6.03 Å². The van der Waals surface area contributed by atoms with Crippen LogP contribution in [0.1, 0.15) is 23.6 Å². The number of rotatable bonds is 7. The number of halogens is 3. The zero-order valence-electron chi connectivity index (χ0n) is 22.8. The first-order valence-corrected chi connectivity index (χ1v) is 14.3. The summed E-state index contributed by atoms with van der Waals surface area (Å²) in [6, 6.07) is 16.1. The number of nitrogens with one attached hydrogen (secondary N) is 1. The van der Waals surface area contributed by atoms with Crippen molar-refractivity contribution in [1.82, 2.24) is 25.1 Å². The smallest absolute Gasteiger partial charge is 0.334 e. The normalized spacial score (nSPS) is 19.2. The van der Waals surface area contributed by atoms with Crippen LogP contribution in [0, 0.1) is 5.82 Å². The summed E-state index contributed by atoms with van der Waals surface area (Å²) in [6.07, 6.45) is -0.599. The van der Waals surface area contributed by atoms with Gasteiger partial charge in [-0.2, -0.15) is 0 Å². The van der Waals surface area contributed by atoms with Gasteiger partial charge in [-0.1, -0.05) is 60.5 Å². The number of piperazine rings is 1. The van der Waals surface area contributed by atoms with Crippen LogP contribution in [0.4, 0.5) is 9.18 Å². The number of phenols is 1. The molecular formula is C30H30Cl2FN5O4. The topological polar surface area (TPSA) is 96.4 Å². The van der Waals surface area contributed by atoms with Crippen molar-refractivity contribution in [1.29, 1.82) is 0 Å². The van der Waals surface area contributed by atoms with Crippen LogP contribution < -0.4 is 5.32 Å². The third kappa shape index (κ3) is 6.30. The summed E-state index contributed by atoms with van der Waals surface area (Å²) in [5, 5.41) is 16.5. The van der Waals surface area contributed by atoms with Gasteiger partial charge in [-0.15, -0.1) is 0 Å². The van der Waals surface area contributed by atoms with E-state index in [0.717, 1.165) is 11.1 Å². The molecule has 2 heterocycles. The number of carbonyl (C=O) groups is 3. The Morgan fingerprint density at radius 3 is 2.31 bits per heavy atom. The maximum atomic E-state index is 14.0. The Labute approximate surface area is 253 Å². The van der Waals surface area contributed by atoms with Crippen molar-refractivity contribution in [3.63, 3.8) is 0 Å². The number of hydrogen-bond acceptors (Lipinski definition) is 5. The predicted molar refractivity (Wildman–Crippen MR) is 156 cm³/mol. The molecule has 9 nitrogen and oxygen atoms in total. The minimum absolute atomic E-state index is 0.0668. The van der Waals surface area contributed by atoms with Crippen LogP contribution in [-0.2, 0) is 29.1 Å². The number of carbonyl (C=O) groups excluding carboxylic acids is 3. The van der Waals surface area contributed by atoms with Crippen LogP contribution in [0.2, 0.25) is 10.0 Å². The molecule has 2 N–H and O–H groups in total. The molecule has 2 fully saturated rings. The van der Waals surface area contributed by atoms with Gasteiger partial charge in [0.1, 0.15) is 23.8 Å². The van der Waals surface area contributed by atoms with Crippen molar-refractivity contribution in [2.45, 2.75) is 38.6 Å².